The molecule has 0 aromatic heterocycles. The Balaban J connectivity index is 2.18. The summed E-state index contributed by atoms with van der Waals surface area (Å²) in [5.74, 6) is 0.729. The van der Waals surface area contributed by atoms with Gasteiger partial charge in [-0.2, -0.15) is 0 Å². The van der Waals surface area contributed by atoms with Crippen molar-refractivity contribution in [3.05, 3.63) is 59.7 Å². The number of amides is 1. The molecule has 0 atom stereocenters. The first-order valence-corrected chi connectivity index (χ1v) is 6.73. The molecule has 0 unspecified atom stereocenters. The third kappa shape index (κ3) is 3.14. The maximum atomic E-state index is 12.4. The number of carbonyl (C=O) groups is 1. The van der Waals surface area contributed by atoms with E-state index in [4.69, 9.17) is 4.74 Å². The SMILES string of the molecule is COc1ccccc1CN(C)C(=O)c1ccccc1S. The molecule has 0 aliphatic carbocycles. The molecule has 2 aromatic rings. The lowest BCUT2D eigenvalue weighted by molar-refractivity contribution is 0.0781. The second-order valence-corrected chi connectivity index (χ2v) is 4.97. The van der Waals surface area contributed by atoms with Gasteiger partial charge in [0.15, 0.2) is 0 Å². The number of hydrogen-bond acceptors (Lipinski definition) is 3. The predicted molar refractivity (Wildman–Crippen MR) is 82.5 cm³/mol. The second kappa shape index (κ2) is 6.48. The molecule has 4 heteroatoms. The molecule has 3 nitrogen and oxygen atoms in total. The van der Waals surface area contributed by atoms with Gasteiger partial charge in [0, 0.05) is 24.1 Å². The van der Waals surface area contributed by atoms with Crippen molar-refractivity contribution in [3.63, 3.8) is 0 Å². The van der Waals surface area contributed by atoms with Gasteiger partial charge in [0.05, 0.1) is 12.7 Å². The van der Waals surface area contributed by atoms with Crippen LogP contribution in [-0.4, -0.2) is 25.0 Å². The Hall–Kier alpha value is -1.94. The van der Waals surface area contributed by atoms with Crippen molar-refractivity contribution < 1.29 is 9.53 Å². The Bertz CT molecular complexity index is 613. The van der Waals surface area contributed by atoms with Gasteiger partial charge in [0.25, 0.3) is 5.91 Å². The number of thiol groups is 1. The topological polar surface area (TPSA) is 29.5 Å². The number of benzene rings is 2. The summed E-state index contributed by atoms with van der Waals surface area (Å²) in [5, 5.41) is 0. The number of ether oxygens (including phenoxy) is 1. The van der Waals surface area contributed by atoms with E-state index in [1.54, 1.807) is 25.1 Å². The Morgan fingerprint density at radius 3 is 2.50 bits per heavy atom. The first-order chi connectivity index (χ1) is 9.63. The zero-order chi connectivity index (χ0) is 14.5. The van der Waals surface area contributed by atoms with E-state index in [9.17, 15) is 4.79 Å². The van der Waals surface area contributed by atoms with Crippen LogP contribution < -0.4 is 4.74 Å². The summed E-state index contributed by atoms with van der Waals surface area (Å²) in [6.07, 6.45) is 0. The zero-order valence-corrected chi connectivity index (χ0v) is 12.4. The largest absolute Gasteiger partial charge is 0.496 e. The minimum absolute atomic E-state index is 0.0542. The molecular formula is C16H17NO2S. The molecule has 0 aliphatic rings. The molecule has 20 heavy (non-hydrogen) atoms. The van der Waals surface area contributed by atoms with Crippen molar-refractivity contribution in [3.8, 4) is 5.75 Å². The van der Waals surface area contributed by atoms with E-state index in [0.29, 0.717) is 17.0 Å². The van der Waals surface area contributed by atoms with E-state index in [0.717, 1.165) is 11.3 Å². The smallest absolute Gasteiger partial charge is 0.255 e. The molecule has 2 rings (SSSR count). The van der Waals surface area contributed by atoms with Crippen molar-refractivity contribution >= 4 is 18.5 Å². The molecule has 0 fully saturated rings. The Labute approximate surface area is 124 Å². The van der Waals surface area contributed by atoms with Gasteiger partial charge in [-0.25, -0.2) is 0 Å². The Morgan fingerprint density at radius 2 is 1.80 bits per heavy atom. The summed E-state index contributed by atoms with van der Waals surface area (Å²) in [4.78, 5) is 14.7. The molecule has 104 valence electrons. The minimum atomic E-state index is -0.0542. The molecule has 0 saturated heterocycles. The van der Waals surface area contributed by atoms with Crippen LogP contribution in [0.1, 0.15) is 15.9 Å². The highest BCUT2D eigenvalue weighted by Crippen LogP contribution is 2.21. The van der Waals surface area contributed by atoms with Gasteiger partial charge in [-0.3, -0.25) is 4.79 Å². The number of para-hydroxylation sites is 1. The Kier molecular flexibility index (Phi) is 4.69. The first kappa shape index (κ1) is 14.5. The van der Waals surface area contributed by atoms with E-state index >= 15 is 0 Å². The van der Waals surface area contributed by atoms with Crippen LogP contribution in [0.2, 0.25) is 0 Å². The van der Waals surface area contributed by atoms with Crippen molar-refractivity contribution in [1.82, 2.24) is 4.90 Å². The van der Waals surface area contributed by atoms with Crippen LogP contribution in [-0.2, 0) is 6.54 Å². The summed E-state index contributed by atoms with van der Waals surface area (Å²) < 4.78 is 5.30. The number of nitrogens with zero attached hydrogens (tertiary/aromatic N) is 1. The summed E-state index contributed by atoms with van der Waals surface area (Å²) in [7, 11) is 3.40. The number of rotatable bonds is 4. The van der Waals surface area contributed by atoms with Crippen LogP contribution in [0, 0.1) is 0 Å². The molecule has 0 bridgehead atoms. The highest BCUT2D eigenvalue weighted by molar-refractivity contribution is 7.80. The maximum absolute atomic E-state index is 12.4. The van der Waals surface area contributed by atoms with Gasteiger partial charge in [-0.15, -0.1) is 12.6 Å². The zero-order valence-electron chi connectivity index (χ0n) is 11.5. The highest BCUT2D eigenvalue weighted by atomic mass is 32.1. The lowest BCUT2D eigenvalue weighted by Gasteiger charge is -2.19. The molecule has 0 spiro atoms. The van der Waals surface area contributed by atoms with Crippen molar-refractivity contribution in [1.29, 1.82) is 0 Å². The average Bonchev–Trinajstić information content (AvgIpc) is 2.47. The van der Waals surface area contributed by atoms with E-state index < -0.39 is 0 Å². The average molecular weight is 287 g/mol. The molecule has 0 saturated carbocycles. The summed E-state index contributed by atoms with van der Waals surface area (Å²) >= 11 is 4.32. The van der Waals surface area contributed by atoms with E-state index in [-0.39, 0.29) is 5.91 Å². The van der Waals surface area contributed by atoms with Gasteiger partial charge in [0.1, 0.15) is 5.75 Å². The van der Waals surface area contributed by atoms with Crippen LogP contribution >= 0.6 is 12.6 Å². The minimum Gasteiger partial charge on any atom is -0.496 e. The lowest BCUT2D eigenvalue weighted by Crippen LogP contribution is -2.26. The lowest BCUT2D eigenvalue weighted by atomic mass is 10.1. The predicted octanol–water partition coefficient (Wildman–Crippen LogP) is 3.26. The summed E-state index contributed by atoms with van der Waals surface area (Å²) in [6.45, 7) is 0.491. The van der Waals surface area contributed by atoms with E-state index in [1.807, 2.05) is 42.5 Å². The van der Waals surface area contributed by atoms with Crippen molar-refractivity contribution in [2.45, 2.75) is 11.4 Å². The summed E-state index contributed by atoms with van der Waals surface area (Å²) in [5.41, 5.74) is 1.58. The van der Waals surface area contributed by atoms with Gasteiger partial charge < -0.3 is 9.64 Å². The quantitative estimate of drug-likeness (QED) is 0.875. The van der Waals surface area contributed by atoms with Crippen LogP contribution in [0.5, 0.6) is 5.75 Å². The summed E-state index contributed by atoms with van der Waals surface area (Å²) in [6, 6.07) is 15.0. The Morgan fingerprint density at radius 1 is 1.15 bits per heavy atom. The van der Waals surface area contributed by atoms with Crippen LogP contribution in [0.4, 0.5) is 0 Å². The molecule has 0 heterocycles. The van der Waals surface area contributed by atoms with Crippen LogP contribution in [0.3, 0.4) is 0 Å². The highest BCUT2D eigenvalue weighted by Gasteiger charge is 2.15. The van der Waals surface area contributed by atoms with E-state index in [2.05, 4.69) is 12.6 Å². The standard InChI is InChI=1S/C16H17NO2S/c1-17(11-12-7-3-5-9-14(12)19-2)16(18)13-8-4-6-10-15(13)20/h3-10,20H,11H2,1-2H3. The van der Waals surface area contributed by atoms with E-state index in [1.165, 1.54) is 0 Å². The van der Waals surface area contributed by atoms with Crippen molar-refractivity contribution in [2.24, 2.45) is 0 Å². The fraction of sp³-hybridized carbons (Fsp3) is 0.188. The normalized spacial score (nSPS) is 10.2. The van der Waals surface area contributed by atoms with Gasteiger partial charge in [-0.1, -0.05) is 30.3 Å². The fourth-order valence-corrected chi connectivity index (χ4v) is 2.28. The molecule has 0 N–H and O–H groups in total. The maximum Gasteiger partial charge on any atom is 0.255 e. The fourth-order valence-electron chi connectivity index (χ4n) is 2.02. The van der Waals surface area contributed by atoms with Crippen LogP contribution in [0.15, 0.2) is 53.4 Å². The van der Waals surface area contributed by atoms with Gasteiger partial charge in [0.2, 0.25) is 0 Å². The number of carbonyl (C=O) groups excluding carboxylic acids is 1. The third-order valence-corrected chi connectivity index (χ3v) is 3.47. The second-order valence-electron chi connectivity index (χ2n) is 4.49. The van der Waals surface area contributed by atoms with Crippen LogP contribution in [0.25, 0.3) is 0 Å². The molecule has 0 radical (unpaired) electrons. The molecular weight excluding hydrogens is 270 g/mol. The molecule has 1 amide bonds. The first-order valence-electron chi connectivity index (χ1n) is 6.29. The van der Waals surface area contributed by atoms with Gasteiger partial charge >= 0.3 is 0 Å². The number of hydrogen-bond donors (Lipinski definition) is 1. The molecule has 0 aliphatic heterocycles. The third-order valence-electron chi connectivity index (χ3n) is 3.08. The number of methoxy groups -OCH3 is 1. The molecule has 2 aromatic carbocycles. The monoisotopic (exact) mass is 287 g/mol. The van der Waals surface area contributed by atoms with Gasteiger partial charge in [-0.05, 0) is 18.2 Å². The van der Waals surface area contributed by atoms with Crippen molar-refractivity contribution in [2.75, 3.05) is 14.2 Å².